The summed E-state index contributed by atoms with van der Waals surface area (Å²) in [5.74, 6) is -1.24. The normalized spacial score (nSPS) is 14.2. The molecule has 5 rings (SSSR count). The summed E-state index contributed by atoms with van der Waals surface area (Å²) >= 11 is 12.5. The number of aryl methyl sites for hydroxylation is 1. The smallest absolute Gasteiger partial charge is 0.335 e. The summed E-state index contributed by atoms with van der Waals surface area (Å²) in [6.45, 7) is 3.41. The third-order valence-electron chi connectivity index (χ3n) is 7.94. The molecule has 1 N–H and O–H groups in total. The predicted octanol–water partition coefficient (Wildman–Crippen LogP) is 3.28. The van der Waals surface area contributed by atoms with Crippen LogP contribution < -0.4 is 21.5 Å². The van der Waals surface area contributed by atoms with E-state index in [-0.39, 0.29) is 28.6 Å². The molecule has 1 saturated heterocycles. The van der Waals surface area contributed by atoms with Gasteiger partial charge in [-0.15, -0.1) is 0 Å². The summed E-state index contributed by atoms with van der Waals surface area (Å²) in [5, 5.41) is 3.43. The van der Waals surface area contributed by atoms with E-state index in [9.17, 15) is 19.2 Å². The van der Waals surface area contributed by atoms with Gasteiger partial charge in [-0.1, -0.05) is 41.4 Å². The molecule has 1 aliphatic heterocycles. The van der Waals surface area contributed by atoms with Gasteiger partial charge in [-0.3, -0.25) is 19.1 Å². The van der Waals surface area contributed by atoms with Crippen molar-refractivity contribution >= 4 is 51.7 Å². The van der Waals surface area contributed by atoms with Crippen molar-refractivity contribution in [1.82, 2.24) is 19.4 Å². The number of rotatable bonds is 10. The average Bonchev–Trinajstić information content (AvgIpc) is 3.04. The van der Waals surface area contributed by atoms with E-state index in [1.807, 2.05) is 25.1 Å². The predicted molar refractivity (Wildman–Crippen MR) is 179 cm³/mol. The molecule has 4 aromatic rings. The van der Waals surface area contributed by atoms with E-state index in [0.717, 1.165) is 23.3 Å². The van der Waals surface area contributed by atoms with Crippen LogP contribution in [0, 0.1) is 0 Å². The molecule has 3 aromatic carbocycles. The molecule has 1 amide bonds. The zero-order valence-electron chi connectivity index (χ0n) is 25.8. The number of hydrogen-bond donors (Lipinski definition) is 1. The largest absolute Gasteiger partial charge is 0.463 e. The summed E-state index contributed by atoms with van der Waals surface area (Å²) in [7, 11) is 5.37. The van der Waals surface area contributed by atoms with Crippen LogP contribution in [0.1, 0.15) is 15.9 Å². The van der Waals surface area contributed by atoms with Gasteiger partial charge >= 0.3 is 11.7 Å². The summed E-state index contributed by atoms with van der Waals surface area (Å²) in [5.41, 5.74) is 1.49. The summed E-state index contributed by atoms with van der Waals surface area (Å²) in [6.07, 6.45) is 0.0707. The highest BCUT2D eigenvalue weighted by Gasteiger charge is 2.26. The number of anilines is 1. The molecule has 1 aromatic heterocycles. The highest BCUT2D eigenvalue weighted by molar-refractivity contribution is 6.39. The molecule has 1 aliphatic rings. The van der Waals surface area contributed by atoms with Gasteiger partial charge in [0.05, 0.1) is 45.4 Å². The van der Waals surface area contributed by atoms with Crippen molar-refractivity contribution in [3.63, 3.8) is 0 Å². The van der Waals surface area contributed by atoms with Crippen LogP contribution >= 0.6 is 23.2 Å². The Kier molecular flexibility index (Phi) is 10.5. The van der Waals surface area contributed by atoms with Gasteiger partial charge in [0, 0.05) is 52.9 Å². The topological polar surface area (TPSA) is 115 Å². The fourth-order valence-electron chi connectivity index (χ4n) is 5.31. The summed E-state index contributed by atoms with van der Waals surface area (Å²) < 4.78 is 13.5. The monoisotopic (exact) mass is 667 g/mol. The number of benzene rings is 3. The number of morpholine rings is 1. The van der Waals surface area contributed by atoms with E-state index in [1.54, 1.807) is 49.5 Å². The fourth-order valence-corrected chi connectivity index (χ4v) is 5.88. The number of amides is 1. The van der Waals surface area contributed by atoms with Gasteiger partial charge in [0.2, 0.25) is 0 Å². The van der Waals surface area contributed by atoms with Crippen LogP contribution in [-0.2, 0) is 27.7 Å². The first-order valence-electron chi connectivity index (χ1n) is 14.8. The first kappa shape index (κ1) is 33.2. The molecular weight excluding hydrogens is 633 g/mol. The van der Waals surface area contributed by atoms with Crippen LogP contribution in [0.5, 0.6) is 0 Å². The molecular formula is C33H35Cl2N5O6. The van der Waals surface area contributed by atoms with Gasteiger partial charge in [-0.25, -0.2) is 14.2 Å². The van der Waals surface area contributed by atoms with E-state index in [1.165, 1.54) is 16.7 Å². The van der Waals surface area contributed by atoms with Crippen molar-refractivity contribution in [3.8, 4) is 5.69 Å². The first-order valence-corrected chi connectivity index (χ1v) is 15.5. The van der Waals surface area contributed by atoms with Crippen molar-refractivity contribution in [2.75, 3.05) is 58.5 Å². The Morgan fingerprint density at radius 2 is 1.67 bits per heavy atom. The number of esters is 1. The Morgan fingerprint density at radius 3 is 2.33 bits per heavy atom. The molecule has 46 heavy (non-hydrogen) atoms. The number of fused-ring (bicyclic) bond motifs is 1. The fraction of sp³-hybridized carbons (Fsp3) is 0.333. The Labute approximate surface area is 275 Å². The Hall–Kier alpha value is -4.16. The maximum absolute atomic E-state index is 13.5. The maximum atomic E-state index is 13.5. The average molecular weight is 669 g/mol. The molecule has 11 nitrogen and oxygen atoms in total. The Balaban J connectivity index is 1.40. The third-order valence-corrected chi connectivity index (χ3v) is 8.57. The Bertz CT molecular complexity index is 1850. The molecule has 2 heterocycles. The number of hydrogen-bond acceptors (Lipinski definition) is 8. The van der Waals surface area contributed by atoms with Gasteiger partial charge in [-0.05, 0) is 48.0 Å². The van der Waals surface area contributed by atoms with E-state index in [4.69, 9.17) is 32.7 Å². The molecule has 0 saturated carbocycles. The lowest BCUT2D eigenvalue weighted by Crippen LogP contribution is -2.44. The van der Waals surface area contributed by atoms with Gasteiger partial charge in [0.1, 0.15) is 12.6 Å². The van der Waals surface area contributed by atoms with Gasteiger partial charge < -0.3 is 19.7 Å². The number of carbonyl (C=O) groups excluding carboxylic acids is 2. The number of carbonyl (C=O) groups is 2. The van der Waals surface area contributed by atoms with Crippen molar-refractivity contribution < 1.29 is 19.1 Å². The second kappa shape index (κ2) is 14.5. The van der Waals surface area contributed by atoms with Crippen molar-refractivity contribution in [3.05, 3.63) is 103 Å². The van der Waals surface area contributed by atoms with Gasteiger partial charge in [0.15, 0.2) is 0 Å². The number of nitrogens with one attached hydrogen (secondary N) is 1. The van der Waals surface area contributed by atoms with E-state index < -0.39 is 29.2 Å². The minimum atomic E-state index is -1.07. The standard InChI is InChI=1S/C33H35Cl2N5O6/c1-37(2)23-11-12-28-24(20-23)31(42)40(33(44)38(28)3)22-9-7-21(8-10-22)19-27(32(43)46-18-15-39-13-16-45-17-14-39)36-30(41)29-25(34)5-4-6-26(29)35/h4-12,20,27H,13-19H2,1-3H3,(H,36,41)/t27-/m0/s1. The molecule has 242 valence electrons. The third kappa shape index (κ3) is 7.28. The summed E-state index contributed by atoms with van der Waals surface area (Å²) in [4.78, 5) is 57.4. The number of nitrogens with zero attached hydrogens (tertiary/aromatic N) is 4. The van der Waals surface area contributed by atoms with Crippen LogP contribution in [0.3, 0.4) is 0 Å². The molecule has 0 unspecified atom stereocenters. The van der Waals surface area contributed by atoms with Crippen LogP contribution in [-0.4, -0.2) is 85.5 Å². The Morgan fingerprint density at radius 1 is 1.00 bits per heavy atom. The van der Waals surface area contributed by atoms with Crippen molar-refractivity contribution in [1.29, 1.82) is 0 Å². The first-order chi connectivity index (χ1) is 22.0. The van der Waals surface area contributed by atoms with Crippen LogP contribution in [0.25, 0.3) is 16.6 Å². The zero-order valence-corrected chi connectivity index (χ0v) is 27.3. The highest BCUT2D eigenvalue weighted by Crippen LogP contribution is 2.24. The lowest BCUT2D eigenvalue weighted by Gasteiger charge is -2.26. The van der Waals surface area contributed by atoms with Gasteiger partial charge in [-0.2, -0.15) is 0 Å². The highest BCUT2D eigenvalue weighted by atomic mass is 35.5. The van der Waals surface area contributed by atoms with Gasteiger partial charge in [0.25, 0.3) is 11.5 Å². The number of aromatic nitrogens is 2. The summed E-state index contributed by atoms with van der Waals surface area (Å²) in [6, 6.07) is 15.6. The molecule has 1 fully saturated rings. The lowest BCUT2D eigenvalue weighted by molar-refractivity contribution is -0.146. The van der Waals surface area contributed by atoms with Crippen molar-refractivity contribution in [2.24, 2.45) is 7.05 Å². The number of halogens is 2. The molecule has 1 atom stereocenters. The number of ether oxygens (including phenoxy) is 2. The van der Waals surface area contributed by atoms with Crippen LogP contribution in [0.4, 0.5) is 5.69 Å². The zero-order chi connectivity index (χ0) is 33.0. The maximum Gasteiger partial charge on any atom is 0.335 e. The second-order valence-electron chi connectivity index (χ2n) is 11.2. The van der Waals surface area contributed by atoms with E-state index >= 15 is 0 Å². The minimum absolute atomic E-state index is 0.0521. The van der Waals surface area contributed by atoms with Crippen LogP contribution in [0.2, 0.25) is 10.0 Å². The van der Waals surface area contributed by atoms with Crippen LogP contribution in [0.15, 0.2) is 70.3 Å². The van der Waals surface area contributed by atoms with E-state index in [2.05, 4.69) is 10.2 Å². The molecule has 0 spiro atoms. The molecule has 0 aliphatic carbocycles. The molecule has 0 bridgehead atoms. The molecule has 13 heteroatoms. The van der Waals surface area contributed by atoms with Crippen molar-refractivity contribution in [2.45, 2.75) is 12.5 Å². The lowest BCUT2D eigenvalue weighted by atomic mass is 10.0. The SMILES string of the molecule is CN(C)c1ccc2c(c1)c(=O)n(-c1ccc(C[C@H](NC(=O)c3c(Cl)cccc3Cl)C(=O)OCCN3CCOCC3)cc1)c(=O)n2C. The van der Waals surface area contributed by atoms with E-state index in [0.29, 0.717) is 41.9 Å². The molecule has 0 radical (unpaired) electrons. The quantitative estimate of drug-likeness (QED) is 0.256. The minimum Gasteiger partial charge on any atom is -0.463 e. The second-order valence-corrected chi connectivity index (χ2v) is 12.0.